The Balaban J connectivity index is 2.10. The van der Waals surface area contributed by atoms with Gasteiger partial charge in [-0.2, -0.15) is 0 Å². The minimum Gasteiger partial charge on any atom is -0.392 e. The fraction of sp³-hybridized carbons (Fsp3) is 0.462. The molecule has 1 heterocycles. The molecule has 1 atom stereocenters. The number of rotatable bonds is 4. The van der Waals surface area contributed by atoms with Crippen LogP contribution in [0, 0.1) is 0 Å². The lowest BCUT2D eigenvalue weighted by Gasteiger charge is -2.32. The number of aliphatic hydroxyl groups excluding tert-OH is 1. The Morgan fingerprint density at radius 3 is 2.88 bits per heavy atom. The molecular weight excluding hydrogens is 218 g/mol. The molecule has 1 aromatic rings. The van der Waals surface area contributed by atoms with Gasteiger partial charge in [0, 0.05) is 13.1 Å². The van der Waals surface area contributed by atoms with Gasteiger partial charge >= 0.3 is 0 Å². The second kappa shape index (κ2) is 5.91. The van der Waals surface area contributed by atoms with Crippen LogP contribution in [0.15, 0.2) is 24.3 Å². The molecule has 0 amide bonds. The lowest BCUT2D eigenvalue weighted by atomic mass is 10.1. The summed E-state index contributed by atoms with van der Waals surface area (Å²) in [5.41, 5.74) is 1.99. The van der Waals surface area contributed by atoms with Crippen LogP contribution in [0.4, 0.5) is 0 Å². The highest BCUT2D eigenvalue weighted by atomic mass is 16.5. The van der Waals surface area contributed by atoms with Crippen LogP contribution >= 0.6 is 0 Å². The van der Waals surface area contributed by atoms with Crippen molar-refractivity contribution < 1.29 is 14.6 Å². The number of hydrogen-bond acceptors (Lipinski definition) is 4. The van der Waals surface area contributed by atoms with Crippen molar-refractivity contribution in [2.24, 2.45) is 0 Å². The number of ether oxygens (including phenoxy) is 1. The summed E-state index contributed by atoms with van der Waals surface area (Å²) >= 11 is 0. The average molecular weight is 235 g/mol. The number of morpholine rings is 1. The Morgan fingerprint density at radius 2 is 2.18 bits per heavy atom. The highest BCUT2D eigenvalue weighted by molar-refractivity contribution is 5.58. The molecule has 0 saturated carbocycles. The zero-order valence-electron chi connectivity index (χ0n) is 9.71. The van der Waals surface area contributed by atoms with E-state index in [-0.39, 0.29) is 12.6 Å². The summed E-state index contributed by atoms with van der Waals surface area (Å²) in [5, 5.41) is 9.26. The SMILES string of the molecule is O=CC1COCCN1Cc1ccccc1CO. The van der Waals surface area contributed by atoms with Crippen LogP contribution in [0.2, 0.25) is 0 Å². The largest absolute Gasteiger partial charge is 0.392 e. The summed E-state index contributed by atoms with van der Waals surface area (Å²) in [4.78, 5) is 13.0. The van der Waals surface area contributed by atoms with Crippen LogP contribution in [0.5, 0.6) is 0 Å². The number of nitrogens with zero attached hydrogens (tertiary/aromatic N) is 1. The van der Waals surface area contributed by atoms with E-state index in [0.717, 1.165) is 24.0 Å². The van der Waals surface area contributed by atoms with Gasteiger partial charge in [0.05, 0.1) is 25.9 Å². The van der Waals surface area contributed by atoms with Crippen molar-refractivity contribution in [3.63, 3.8) is 0 Å². The summed E-state index contributed by atoms with van der Waals surface area (Å²) in [7, 11) is 0. The molecule has 92 valence electrons. The average Bonchev–Trinajstić information content (AvgIpc) is 2.40. The van der Waals surface area contributed by atoms with E-state index >= 15 is 0 Å². The summed E-state index contributed by atoms with van der Waals surface area (Å²) in [6.45, 7) is 2.59. The molecule has 1 aliphatic heterocycles. The summed E-state index contributed by atoms with van der Waals surface area (Å²) in [6, 6.07) is 7.58. The van der Waals surface area contributed by atoms with Gasteiger partial charge in [-0.3, -0.25) is 4.90 Å². The van der Waals surface area contributed by atoms with Gasteiger partial charge in [0.2, 0.25) is 0 Å². The predicted molar refractivity (Wildman–Crippen MR) is 63.4 cm³/mol. The Hall–Kier alpha value is -1.23. The lowest BCUT2D eigenvalue weighted by Crippen LogP contribution is -2.45. The van der Waals surface area contributed by atoms with Crippen molar-refractivity contribution in [2.75, 3.05) is 19.8 Å². The first kappa shape index (κ1) is 12.2. The van der Waals surface area contributed by atoms with Gasteiger partial charge in [-0.1, -0.05) is 24.3 Å². The van der Waals surface area contributed by atoms with Crippen molar-refractivity contribution in [1.29, 1.82) is 0 Å². The molecule has 1 aromatic carbocycles. The highest BCUT2D eigenvalue weighted by Gasteiger charge is 2.22. The van der Waals surface area contributed by atoms with Gasteiger partial charge in [-0.15, -0.1) is 0 Å². The minimum absolute atomic E-state index is 0.0340. The van der Waals surface area contributed by atoms with Gasteiger partial charge < -0.3 is 14.6 Å². The van der Waals surface area contributed by atoms with Gasteiger partial charge in [0.25, 0.3) is 0 Å². The number of carbonyl (C=O) groups excluding carboxylic acids is 1. The van der Waals surface area contributed by atoms with E-state index in [2.05, 4.69) is 4.90 Å². The number of hydrogen-bond donors (Lipinski definition) is 1. The first-order valence-electron chi connectivity index (χ1n) is 5.80. The van der Waals surface area contributed by atoms with E-state index in [9.17, 15) is 9.90 Å². The van der Waals surface area contributed by atoms with E-state index < -0.39 is 0 Å². The maximum Gasteiger partial charge on any atom is 0.139 e. The van der Waals surface area contributed by atoms with Crippen molar-refractivity contribution in [3.05, 3.63) is 35.4 Å². The van der Waals surface area contributed by atoms with Gasteiger partial charge in [-0.05, 0) is 11.1 Å². The third-order valence-corrected chi connectivity index (χ3v) is 3.10. The number of carbonyl (C=O) groups is 1. The second-order valence-electron chi connectivity index (χ2n) is 4.18. The Labute approximate surface area is 101 Å². The van der Waals surface area contributed by atoms with Crippen LogP contribution in [0.3, 0.4) is 0 Å². The predicted octanol–water partition coefficient (Wildman–Crippen LogP) is 0.579. The van der Waals surface area contributed by atoms with Crippen LogP contribution < -0.4 is 0 Å². The first-order valence-corrected chi connectivity index (χ1v) is 5.80. The smallest absolute Gasteiger partial charge is 0.139 e. The summed E-state index contributed by atoms with van der Waals surface area (Å²) in [6.07, 6.45) is 0.931. The number of benzene rings is 1. The molecule has 0 aliphatic carbocycles. The van der Waals surface area contributed by atoms with E-state index in [1.807, 2.05) is 24.3 Å². The summed E-state index contributed by atoms with van der Waals surface area (Å²) in [5.74, 6) is 0. The molecule has 1 saturated heterocycles. The number of aldehydes is 1. The topological polar surface area (TPSA) is 49.8 Å². The summed E-state index contributed by atoms with van der Waals surface area (Å²) < 4.78 is 5.28. The minimum atomic E-state index is -0.171. The van der Waals surface area contributed by atoms with Crippen LogP contribution in [0.25, 0.3) is 0 Å². The lowest BCUT2D eigenvalue weighted by molar-refractivity contribution is -0.118. The molecule has 0 bridgehead atoms. The van der Waals surface area contributed by atoms with Crippen LogP contribution in [-0.2, 0) is 22.7 Å². The quantitative estimate of drug-likeness (QED) is 0.776. The third kappa shape index (κ3) is 2.91. The molecule has 4 heteroatoms. The van der Waals surface area contributed by atoms with E-state index in [1.165, 1.54) is 0 Å². The molecule has 0 radical (unpaired) electrons. The maximum atomic E-state index is 10.9. The van der Waals surface area contributed by atoms with E-state index in [0.29, 0.717) is 19.8 Å². The van der Waals surface area contributed by atoms with Gasteiger partial charge in [0.1, 0.15) is 6.29 Å². The molecule has 1 N–H and O–H groups in total. The van der Waals surface area contributed by atoms with E-state index in [1.54, 1.807) is 0 Å². The van der Waals surface area contributed by atoms with E-state index in [4.69, 9.17) is 4.74 Å². The van der Waals surface area contributed by atoms with Crippen LogP contribution in [-0.4, -0.2) is 42.1 Å². The molecule has 4 nitrogen and oxygen atoms in total. The third-order valence-electron chi connectivity index (χ3n) is 3.10. The van der Waals surface area contributed by atoms with Gasteiger partial charge in [-0.25, -0.2) is 0 Å². The molecule has 1 unspecified atom stereocenters. The van der Waals surface area contributed by atoms with Crippen molar-refractivity contribution in [2.45, 2.75) is 19.2 Å². The Bertz CT molecular complexity index is 381. The standard InChI is InChI=1S/C13H17NO3/c15-8-12-4-2-1-3-11(12)7-14-5-6-17-10-13(14)9-16/h1-4,9,13,15H,5-8,10H2. The fourth-order valence-corrected chi connectivity index (χ4v) is 2.06. The molecule has 0 aromatic heterocycles. The fourth-order valence-electron chi connectivity index (χ4n) is 2.06. The van der Waals surface area contributed by atoms with Gasteiger partial charge in [0.15, 0.2) is 0 Å². The van der Waals surface area contributed by atoms with Crippen molar-refractivity contribution >= 4 is 6.29 Å². The molecule has 2 rings (SSSR count). The zero-order chi connectivity index (χ0) is 12.1. The Kier molecular flexibility index (Phi) is 4.25. The molecule has 1 aliphatic rings. The van der Waals surface area contributed by atoms with Crippen molar-refractivity contribution in [1.82, 2.24) is 4.90 Å². The second-order valence-corrected chi connectivity index (χ2v) is 4.18. The molecule has 17 heavy (non-hydrogen) atoms. The Morgan fingerprint density at radius 1 is 1.41 bits per heavy atom. The zero-order valence-corrected chi connectivity index (χ0v) is 9.71. The highest BCUT2D eigenvalue weighted by Crippen LogP contribution is 2.15. The molecule has 1 fully saturated rings. The van der Waals surface area contributed by atoms with Crippen molar-refractivity contribution in [3.8, 4) is 0 Å². The number of aliphatic hydroxyl groups is 1. The monoisotopic (exact) mass is 235 g/mol. The molecule has 0 spiro atoms. The normalized spacial score (nSPS) is 21.4. The first-order chi connectivity index (χ1) is 8.35. The maximum absolute atomic E-state index is 10.9. The molecular formula is C13H17NO3. The van der Waals surface area contributed by atoms with Crippen LogP contribution in [0.1, 0.15) is 11.1 Å².